The maximum absolute atomic E-state index is 4.39. The zero-order valence-corrected chi connectivity index (χ0v) is 7.99. The number of thiol groups is 2. The van der Waals surface area contributed by atoms with Gasteiger partial charge in [0, 0.05) is 10.2 Å². The Hall–Kier alpha value is 0.180. The van der Waals surface area contributed by atoms with Crippen LogP contribution in [0.15, 0.2) is 22.6 Å². The number of hydrogen-bond acceptors (Lipinski definition) is 2. The van der Waals surface area contributed by atoms with E-state index in [1.165, 1.54) is 5.57 Å². The molecule has 2 unspecified atom stereocenters. The minimum atomic E-state index is 0.344. The molecular formula is C8H12S2. The zero-order valence-electron chi connectivity index (χ0n) is 6.20. The van der Waals surface area contributed by atoms with Crippen molar-refractivity contribution in [2.75, 3.05) is 0 Å². The van der Waals surface area contributed by atoms with Crippen LogP contribution in [0.3, 0.4) is 0 Å². The molecule has 0 N–H and O–H groups in total. The molecule has 0 spiro atoms. The van der Waals surface area contributed by atoms with E-state index in [2.05, 4.69) is 51.3 Å². The minimum Gasteiger partial charge on any atom is -0.171 e. The number of hydrogen-bond donors (Lipinski definition) is 2. The molecule has 1 aliphatic carbocycles. The van der Waals surface area contributed by atoms with Gasteiger partial charge in [0.2, 0.25) is 0 Å². The Morgan fingerprint density at radius 2 is 2.00 bits per heavy atom. The van der Waals surface area contributed by atoms with Crippen molar-refractivity contribution in [1.82, 2.24) is 0 Å². The molecule has 0 heterocycles. The van der Waals surface area contributed by atoms with E-state index in [1.54, 1.807) is 0 Å². The van der Waals surface area contributed by atoms with Gasteiger partial charge in [0.1, 0.15) is 0 Å². The second-order valence-corrected chi connectivity index (χ2v) is 3.83. The van der Waals surface area contributed by atoms with Gasteiger partial charge in [0.15, 0.2) is 0 Å². The van der Waals surface area contributed by atoms with Crippen molar-refractivity contribution in [2.24, 2.45) is 5.92 Å². The van der Waals surface area contributed by atoms with E-state index in [1.807, 2.05) is 0 Å². The lowest BCUT2D eigenvalue weighted by Crippen LogP contribution is -2.10. The molecule has 1 aliphatic rings. The summed E-state index contributed by atoms with van der Waals surface area (Å²) >= 11 is 8.69. The standard InChI is InChI=1S/C8H12S2/c1-5-3-6(2)8(10)4-7(5)9/h3-5,7,9-10H,1-2H3. The van der Waals surface area contributed by atoms with Gasteiger partial charge in [-0.3, -0.25) is 0 Å². The SMILES string of the molecule is CC1=CC(C)C(S)C=C1S. The highest BCUT2D eigenvalue weighted by molar-refractivity contribution is 7.85. The largest absolute Gasteiger partial charge is 0.171 e. The minimum absolute atomic E-state index is 0.344. The summed E-state index contributed by atoms with van der Waals surface area (Å²) in [4.78, 5) is 1.07. The Morgan fingerprint density at radius 1 is 1.40 bits per heavy atom. The van der Waals surface area contributed by atoms with E-state index < -0.39 is 0 Å². The molecule has 2 heteroatoms. The highest BCUT2D eigenvalue weighted by Crippen LogP contribution is 2.27. The summed E-state index contributed by atoms with van der Waals surface area (Å²) in [6.45, 7) is 4.24. The molecule has 0 nitrogen and oxygen atoms in total. The molecule has 0 saturated carbocycles. The first-order valence-electron chi connectivity index (χ1n) is 3.39. The monoisotopic (exact) mass is 172 g/mol. The smallest absolute Gasteiger partial charge is 0.0270 e. The Morgan fingerprint density at radius 3 is 2.50 bits per heavy atom. The van der Waals surface area contributed by atoms with Gasteiger partial charge in [-0.1, -0.05) is 19.1 Å². The third-order valence-corrected chi connectivity index (χ3v) is 2.91. The van der Waals surface area contributed by atoms with Crippen LogP contribution in [0.2, 0.25) is 0 Å². The molecule has 0 aliphatic heterocycles. The summed E-state index contributed by atoms with van der Waals surface area (Å²) in [5.41, 5.74) is 1.26. The highest BCUT2D eigenvalue weighted by atomic mass is 32.1. The summed E-state index contributed by atoms with van der Waals surface area (Å²) in [5, 5.41) is 0.344. The van der Waals surface area contributed by atoms with E-state index in [0.717, 1.165) is 4.91 Å². The Balaban J connectivity index is 2.83. The van der Waals surface area contributed by atoms with Crippen LogP contribution in [0.25, 0.3) is 0 Å². The van der Waals surface area contributed by atoms with E-state index in [-0.39, 0.29) is 0 Å². The zero-order chi connectivity index (χ0) is 7.72. The van der Waals surface area contributed by atoms with Crippen LogP contribution in [0.5, 0.6) is 0 Å². The Kier molecular flexibility index (Phi) is 2.53. The Bertz CT molecular complexity index is 169. The van der Waals surface area contributed by atoms with Gasteiger partial charge in [-0.25, -0.2) is 0 Å². The molecule has 0 fully saturated rings. The van der Waals surface area contributed by atoms with E-state index in [9.17, 15) is 0 Å². The van der Waals surface area contributed by atoms with Crippen LogP contribution in [-0.2, 0) is 0 Å². The first-order chi connectivity index (χ1) is 4.61. The molecule has 0 aromatic carbocycles. The molecule has 0 aromatic rings. The molecule has 0 bridgehead atoms. The predicted molar refractivity (Wildman–Crippen MR) is 52.8 cm³/mol. The number of allylic oxidation sites excluding steroid dienone is 2. The van der Waals surface area contributed by atoms with Gasteiger partial charge in [-0.05, 0) is 18.4 Å². The molecule has 1 rings (SSSR count). The van der Waals surface area contributed by atoms with Crippen LogP contribution < -0.4 is 0 Å². The fourth-order valence-corrected chi connectivity index (χ4v) is 1.61. The third-order valence-electron chi connectivity index (χ3n) is 1.78. The van der Waals surface area contributed by atoms with Gasteiger partial charge in [0.05, 0.1) is 0 Å². The average Bonchev–Trinajstić information content (AvgIpc) is 1.84. The summed E-state index contributed by atoms with van der Waals surface area (Å²) < 4.78 is 0. The normalized spacial score (nSPS) is 33.2. The summed E-state index contributed by atoms with van der Waals surface area (Å²) in [5.74, 6) is 0.541. The van der Waals surface area contributed by atoms with Crippen molar-refractivity contribution in [3.8, 4) is 0 Å². The topological polar surface area (TPSA) is 0 Å². The van der Waals surface area contributed by atoms with Crippen molar-refractivity contribution < 1.29 is 0 Å². The quantitative estimate of drug-likeness (QED) is 0.516. The maximum atomic E-state index is 4.39. The third kappa shape index (κ3) is 1.61. The van der Waals surface area contributed by atoms with Gasteiger partial charge in [-0.15, -0.1) is 12.6 Å². The van der Waals surface area contributed by atoms with Crippen molar-refractivity contribution in [3.63, 3.8) is 0 Å². The number of rotatable bonds is 0. The van der Waals surface area contributed by atoms with Crippen molar-refractivity contribution >= 4 is 25.3 Å². The highest BCUT2D eigenvalue weighted by Gasteiger charge is 2.14. The summed E-state index contributed by atoms with van der Waals surface area (Å²) in [6.07, 6.45) is 4.30. The summed E-state index contributed by atoms with van der Waals surface area (Å²) in [6, 6.07) is 0. The van der Waals surface area contributed by atoms with Crippen LogP contribution in [0.1, 0.15) is 13.8 Å². The Labute approximate surface area is 73.2 Å². The average molecular weight is 172 g/mol. The lowest BCUT2D eigenvalue weighted by atomic mass is 9.98. The molecule has 0 radical (unpaired) electrons. The van der Waals surface area contributed by atoms with Crippen molar-refractivity contribution in [1.29, 1.82) is 0 Å². The van der Waals surface area contributed by atoms with Crippen LogP contribution in [0.4, 0.5) is 0 Å². The van der Waals surface area contributed by atoms with Gasteiger partial charge < -0.3 is 0 Å². The first kappa shape index (κ1) is 8.28. The lowest BCUT2D eigenvalue weighted by molar-refractivity contribution is 0.747. The second-order valence-electron chi connectivity index (χ2n) is 2.75. The first-order valence-corrected chi connectivity index (χ1v) is 4.35. The van der Waals surface area contributed by atoms with E-state index in [4.69, 9.17) is 0 Å². The molecule has 10 heavy (non-hydrogen) atoms. The van der Waals surface area contributed by atoms with Crippen LogP contribution in [-0.4, -0.2) is 5.25 Å². The molecule has 0 aromatic heterocycles. The predicted octanol–water partition coefficient (Wildman–Crippen LogP) is 2.69. The van der Waals surface area contributed by atoms with Crippen molar-refractivity contribution in [3.05, 3.63) is 22.6 Å². The van der Waals surface area contributed by atoms with Crippen LogP contribution >= 0.6 is 25.3 Å². The van der Waals surface area contributed by atoms with E-state index in [0.29, 0.717) is 11.2 Å². The van der Waals surface area contributed by atoms with E-state index >= 15 is 0 Å². The van der Waals surface area contributed by atoms with Crippen LogP contribution in [0, 0.1) is 5.92 Å². The molecular weight excluding hydrogens is 160 g/mol. The van der Waals surface area contributed by atoms with Gasteiger partial charge in [0.25, 0.3) is 0 Å². The van der Waals surface area contributed by atoms with Gasteiger partial charge >= 0.3 is 0 Å². The van der Waals surface area contributed by atoms with Gasteiger partial charge in [-0.2, -0.15) is 12.6 Å². The fourth-order valence-electron chi connectivity index (χ4n) is 1.02. The molecule has 2 atom stereocenters. The second kappa shape index (κ2) is 3.05. The van der Waals surface area contributed by atoms with Crippen molar-refractivity contribution in [2.45, 2.75) is 19.1 Å². The molecule has 0 saturated heterocycles. The lowest BCUT2D eigenvalue weighted by Gasteiger charge is -2.19. The molecule has 56 valence electrons. The summed E-state index contributed by atoms with van der Waals surface area (Å²) in [7, 11) is 0. The fraction of sp³-hybridized carbons (Fsp3) is 0.500. The maximum Gasteiger partial charge on any atom is 0.0270 e. The molecule has 0 amide bonds.